The third kappa shape index (κ3) is 3.71. The van der Waals surface area contributed by atoms with Crippen LogP contribution in [0.15, 0.2) is 35.5 Å². The highest BCUT2D eigenvalue weighted by molar-refractivity contribution is 5.98. The maximum absolute atomic E-state index is 13.2. The molecule has 2 aliphatic rings. The third-order valence-corrected chi connectivity index (χ3v) is 4.89. The van der Waals surface area contributed by atoms with Gasteiger partial charge in [-0.2, -0.15) is 0 Å². The van der Waals surface area contributed by atoms with Gasteiger partial charge in [-0.25, -0.2) is 14.6 Å². The number of allylic oxidation sites excluding steroid dienone is 1. The molecule has 1 fully saturated rings. The first-order valence-electron chi connectivity index (χ1n) is 8.64. The molecular weight excluding hydrogens is 337 g/mol. The van der Waals surface area contributed by atoms with E-state index < -0.39 is 0 Å². The third-order valence-electron chi connectivity index (χ3n) is 4.89. The number of rotatable bonds is 4. The topological polar surface area (TPSA) is 85.5 Å². The van der Waals surface area contributed by atoms with Crippen LogP contribution in [0.3, 0.4) is 0 Å². The van der Waals surface area contributed by atoms with E-state index in [-0.39, 0.29) is 35.8 Å². The first-order chi connectivity index (χ1) is 12.4. The van der Waals surface area contributed by atoms with E-state index in [4.69, 9.17) is 0 Å². The predicted molar refractivity (Wildman–Crippen MR) is 95.2 cm³/mol. The maximum Gasteiger partial charge on any atom is 0.319 e. The molecule has 1 saturated heterocycles. The van der Waals surface area contributed by atoms with Crippen LogP contribution < -0.4 is 21.5 Å². The van der Waals surface area contributed by atoms with E-state index in [1.54, 1.807) is 37.9 Å². The second-order valence-corrected chi connectivity index (χ2v) is 6.86. The Morgan fingerprint density at radius 1 is 1.31 bits per heavy atom. The molecule has 7 nitrogen and oxygen atoms in total. The predicted octanol–water partition coefficient (Wildman–Crippen LogP) is 1.02. The van der Waals surface area contributed by atoms with Crippen LogP contribution in [0.1, 0.15) is 25.5 Å². The molecule has 140 valence electrons. The van der Waals surface area contributed by atoms with Crippen molar-refractivity contribution in [3.8, 4) is 0 Å². The number of urea groups is 1. The molecule has 0 aromatic heterocycles. The summed E-state index contributed by atoms with van der Waals surface area (Å²) in [4.78, 5) is 26.1. The van der Waals surface area contributed by atoms with Gasteiger partial charge in [0.25, 0.3) is 5.91 Å². The van der Waals surface area contributed by atoms with Gasteiger partial charge in [0.05, 0.1) is 17.7 Å². The summed E-state index contributed by atoms with van der Waals surface area (Å²) in [7, 11) is 1.76. The Morgan fingerprint density at radius 2 is 2.00 bits per heavy atom. The lowest BCUT2D eigenvalue weighted by atomic mass is 9.94. The van der Waals surface area contributed by atoms with Gasteiger partial charge in [0, 0.05) is 31.8 Å². The molecule has 3 unspecified atom stereocenters. The van der Waals surface area contributed by atoms with Crippen LogP contribution in [0.5, 0.6) is 0 Å². The van der Waals surface area contributed by atoms with Crippen LogP contribution in [0.2, 0.25) is 0 Å². The molecule has 0 bridgehead atoms. The summed E-state index contributed by atoms with van der Waals surface area (Å²) in [5.74, 6) is -0.254. The molecule has 0 aliphatic carbocycles. The molecule has 3 atom stereocenters. The number of nitrogens with one attached hydrogen (secondary N) is 4. The lowest BCUT2D eigenvalue weighted by Crippen LogP contribution is -2.50. The Balaban J connectivity index is 1.71. The zero-order chi connectivity index (χ0) is 18.8. The van der Waals surface area contributed by atoms with Crippen LogP contribution in [-0.2, 0) is 4.79 Å². The number of likely N-dealkylation sites (N-methyl/N-ethyl adjacent to an activating group) is 1. The van der Waals surface area contributed by atoms with Crippen LogP contribution in [0.25, 0.3) is 0 Å². The van der Waals surface area contributed by atoms with Crippen molar-refractivity contribution in [1.82, 2.24) is 26.4 Å². The monoisotopic (exact) mass is 361 g/mol. The van der Waals surface area contributed by atoms with Crippen molar-refractivity contribution in [2.24, 2.45) is 5.92 Å². The molecule has 2 heterocycles. The number of hydrazine groups is 1. The Bertz CT molecular complexity index is 734. The highest BCUT2D eigenvalue weighted by Gasteiger charge is 2.33. The van der Waals surface area contributed by atoms with Crippen molar-refractivity contribution in [2.75, 3.05) is 20.1 Å². The van der Waals surface area contributed by atoms with Crippen molar-refractivity contribution < 1.29 is 14.0 Å². The Morgan fingerprint density at radius 3 is 2.65 bits per heavy atom. The van der Waals surface area contributed by atoms with Gasteiger partial charge in [0.2, 0.25) is 0 Å². The number of carbonyl (C=O) groups is 2. The summed E-state index contributed by atoms with van der Waals surface area (Å²) in [5, 5.41) is 5.36. The maximum atomic E-state index is 13.2. The van der Waals surface area contributed by atoms with E-state index in [0.29, 0.717) is 24.4 Å². The quantitative estimate of drug-likeness (QED) is 0.645. The minimum absolute atomic E-state index is 0.0115. The number of hydrogen-bond acceptors (Lipinski definition) is 4. The molecule has 0 spiro atoms. The summed E-state index contributed by atoms with van der Waals surface area (Å²) < 4.78 is 13.2. The SMILES string of the molecule is CC1=C(C(=O)N(C)CC2CNNC2c2ccc(F)cc2)C(C)NC(=O)N1. The zero-order valence-corrected chi connectivity index (χ0v) is 15.1. The van der Waals surface area contributed by atoms with E-state index in [2.05, 4.69) is 21.5 Å². The van der Waals surface area contributed by atoms with E-state index in [1.807, 2.05) is 0 Å². The Kier molecular flexibility index (Phi) is 5.24. The van der Waals surface area contributed by atoms with Gasteiger partial charge < -0.3 is 15.5 Å². The van der Waals surface area contributed by atoms with Gasteiger partial charge in [0.15, 0.2) is 0 Å². The Hall–Kier alpha value is -2.45. The molecule has 3 rings (SSSR count). The van der Waals surface area contributed by atoms with Crippen LogP contribution in [0.4, 0.5) is 9.18 Å². The summed E-state index contributed by atoms with van der Waals surface area (Å²) in [6.45, 7) is 4.75. The van der Waals surface area contributed by atoms with Gasteiger partial charge >= 0.3 is 6.03 Å². The fourth-order valence-corrected chi connectivity index (χ4v) is 3.58. The smallest absolute Gasteiger partial charge is 0.319 e. The standard InChI is InChI=1S/C18H24FN5O2/c1-10-15(11(2)22-18(26)21-10)17(25)24(3)9-13-8-20-23-16(13)12-4-6-14(19)7-5-12/h4-7,10,13,16,20,23H,8-9H2,1-3H3,(H2,21,22,26). The number of hydrogen-bond donors (Lipinski definition) is 4. The van der Waals surface area contributed by atoms with E-state index in [9.17, 15) is 14.0 Å². The van der Waals surface area contributed by atoms with E-state index in [0.717, 1.165) is 5.56 Å². The van der Waals surface area contributed by atoms with Crippen molar-refractivity contribution in [3.05, 3.63) is 46.9 Å². The van der Waals surface area contributed by atoms with Crippen molar-refractivity contribution in [1.29, 1.82) is 0 Å². The molecule has 8 heteroatoms. The fraction of sp³-hybridized carbons (Fsp3) is 0.444. The van der Waals surface area contributed by atoms with Gasteiger partial charge in [-0.05, 0) is 31.5 Å². The zero-order valence-electron chi connectivity index (χ0n) is 15.1. The number of benzene rings is 1. The van der Waals surface area contributed by atoms with Crippen molar-refractivity contribution >= 4 is 11.9 Å². The van der Waals surface area contributed by atoms with Gasteiger partial charge in [-0.1, -0.05) is 12.1 Å². The molecule has 1 aromatic rings. The molecule has 1 aromatic carbocycles. The second kappa shape index (κ2) is 7.43. The minimum Gasteiger partial charge on any atom is -0.341 e. The number of halogens is 1. The fourth-order valence-electron chi connectivity index (χ4n) is 3.58. The van der Waals surface area contributed by atoms with Gasteiger partial charge in [0.1, 0.15) is 5.82 Å². The summed E-state index contributed by atoms with van der Waals surface area (Å²) in [5.41, 5.74) is 8.43. The van der Waals surface area contributed by atoms with Crippen LogP contribution >= 0.6 is 0 Å². The Labute approximate surface area is 152 Å². The van der Waals surface area contributed by atoms with Crippen LogP contribution in [-0.4, -0.2) is 43.0 Å². The molecule has 4 N–H and O–H groups in total. The average molecular weight is 361 g/mol. The first kappa shape index (κ1) is 18.3. The van der Waals surface area contributed by atoms with Gasteiger partial charge in [-0.15, -0.1) is 0 Å². The van der Waals surface area contributed by atoms with Gasteiger partial charge in [-0.3, -0.25) is 10.2 Å². The number of carbonyl (C=O) groups excluding carboxylic acids is 2. The molecule has 2 aliphatic heterocycles. The normalized spacial score (nSPS) is 25.7. The summed E-state index contributed by atoms with van der Waals surface area (Å²) in [6.07, 6.45) is 0. The van der Waals surface area contributed by atoms with E-state index in [1.165, 1.54) is 12.1 Å². The highest BCUT2D eigenvalue weighted by Crippen LogP contribution is 2.26. The highest BCUT2D eigenvalue weighted by atomic mass is 19.1. The first-order valence-corrected chi connectivity index (χ1v) is 8.64. The number of amides is 3. The minimum atomic E-state index is -0.341. The van der Waals surface area contributed by atoms with Crippen LogP contribution in [0, 0.1) is 11.7 Å². The average Bonchev–Trinajstić information content (AvgIpc) is 3.02. The number of nitrogens with zero attached hydrogens (tertiary/aromatic N) is 1. The molecule has 26 heavy (non-hydrogen) atoms. The molecule has 3 amide bonds. The second-order valence-electron chi connectivity index (χ2n) is 6.86. The largest absolute Gasteiger partial charge is 0.341 e. The van der Waals surface area contributed by atoms with Crippen molar-refractivity contribution in [2.45, 2.75) is 25.9 Å². The molecular formula is C18H24FN5O2. The lowest BCUT2D eigenvalue weighted by molar-refractivity contribution is -0.126. The summed E-state index contributed by atoms with van der Waals surface area (Å²) >= 11 is 0. The molecule has 0 saturated carbocycles. The summed E-state index contributed by atoms with van der Waals surface area (Å²) in [6, 6.07) is 5.73. The van der Waals surface area contributed by atoms with Crippen molar-refractivity contribution in [3.63, 3.8) is 0 Å². The lowest BCUT2D eigenvalue weighted by Gasteiger charge is -2.30. The molecule has 0 radical (unpaired) electrons. The van der Waals surface area contributed by atoms with E-state index >= 15 is 0 Å².